The van der Waals surface area contributed by atoms with Gasteiger partial charge in [-0.15, -0.1) is 0 Å². The second kappa shape index (κ2) is 7.90. The van der Waals surface area contributed by atoms with Gasteiger partial charge in [0.1, 0.15) is 0 Å². The van der Waals surface area contributed by atoms with Crippen LogP contribution in [-0.4, -0.2) is 34.7 Å². The van der Waals surface area contributed by atoms with Crippen molar-refractivity contribution < 1.29 is 4.52 Å². The van der Waals surface area contributed by atoms with Crippen molar-refractivity contribution >= 4 is 0 Å². The third-order valence-corrected chi connectivity index (χ3v) is 3.65. The Morgan fingerprint density at radius 2 is 1.90 bits per heavy atom. The topological polar surface area (TPSA) is 68.2 Å². The molecule has 114 valence electrons. The summed E-state index contributed by atoms with van der Waals surface area (Å²) < 4.78 is 5.29. The van der Waals surface area contributed by atoms with Gasteiger partial charge < -0.3 is 15.2 Å². The molecule has 1 aromatic heterocycles. The van der Waals surface area contributed by atoms with Crippen LogP contribution in [0.15, 0.2) is 34.9 Å². The first-order valence-electron chi connectivity index (χ1n) is 7.57. The maximum atomic E-state index is 6.14. The van der Waals surface area contributed by atoms with Gasteiger partial charge in [0.05, 0.1) is 6.04 Å². The summed E-state index contributed by atoms with van der Waals surface area (Å²) in [5.74, 6) is 1.26. The van der Waals surface area contributed by atoms with E-state index in [0.717, 1.165) is 31.9 Å². The molecule has 1 heterocycles. The van der Waals surface area contributed by atoms with Crippen LogP contribution in [0.2, 0.25) is 0 Å². The van der Waals surface area contributed by atoms with Crippen molar-refractivity contribution in [1.82, 2.24) is 15.0 Å². The van der Waals surface area contributed by atoms with Gasteiger partial charge in [0.15, 0.2) is 5.82 Å². The number of nitrogens with two attached hydrogens (primary N) is 1. The monoisotopic (exact) mass is 288 g/mol. The van der Waals surface area contributed by atoms with Gasteiger partial charge in [0.2, 0.25) is 5.89 Å². The van der Waals surface area contributed by atoms with Gasteiger partial charge >= 0.3 is 0 Å². The lowest BCUT2D eigenvalue weighted by Gasteiger charge is -2.16. The van der Waals surface area contributed by atoms with Gasteiger partial charge in [-0.3, -0.25) is 0 Å². The minimum absolute atomic E-state index is 0.248. The molecule has 0 fully saturated rings. The van der Waals surface area contributed by atoms with E-state index < -0.39 is 0 Å². The van der Waals surface area contributed by atoms with Crippen LogP contribution in [0.4, 0.5) is 0 Å². The molecule has 0 amide bonds. The highest BCUT2D eigenvalue weighted by Gasteiger charge is 2.15. The van der Waals surface area contributed by atoms with Crippen LogP contribution in [0.1, 0.15) is 37.2 Å². The van der Waals surface area contributed by atoms with Crippen molar-refractivity contribution in [2.24, 2.45) is 5.73 Å². The summed E-state index contributed by atoms with van der Waals surface area (Å²) in [4.78, 5) is 6.75. The maximum Gasteiger partial charge on any atom is 0.243 e. The van der Waals surface area contributed by atoms with Crippen LogP contribution in [0.3, 0.4) is 0 Å². The van der Waals surface area contributed by atoms with E-state index in [2.05, 4.69) is 41.0 Å². The molecule has 0 saturated heterocycles. The van der Waals surface area contributed by atoms with Gasteiger partial charge in [-0.05, 0) is 25.1 Å². The van der Waals surface area contributed by atoms with E-state index >= 15 is 0 Å². The molecule has 5 nitrogen and oxygen atoms in total. The largest absolute Gasteiger partial charge is 0.338 e. The van der Waals surface area contributed by atoms with Crippen molar-refractivity contribution in [3.05, 3.63) is 47.6 Å². The summed E-state index contributed by atoms with van der Waals surface area (Å²) in [6, 6.07) is 9.86. The lowest BCUT2D eigenvalue weighted by atomic mass is 10.1. The molecule has 0 aliphatic rings. The molecule has 0 bridgehead atoms. The van der Waals surface area contributed by atoms with Gasteiger partial charge in [-0.1, -0.05) is 49.3 Å². The average Bonchev–Trinajstić information content (AvgIpc) is 2.98. The Balaban J connectivity index is 1.90. The Bertz CT molecular complexity index is 522. The highest BCUT2D eigenvalue weighted by molar-refractivity contribution is 5.16. The number of rotatable bonds is 8. The van der Waals surface area contributed by atoms with Crippen molar-refractivity contribution in [2.75, 3.05) is 19.6 Å². The van der Waals surface area contributed by atoms with Crippen molar-refractivity contribution in [2.45, 2.75) is 32.7 Å². The fraction of sp³-hybridized carbons (Fsp3) is 0.500. The number of likely N-dealkylation sites (N-methyl/N-ethyl adjacent to an activating group) is 1. The van der Waals surface area contributed by atoms with Crippen LogP contribution in [0.5, 0.6) is 0 Å². The Morgan fingerprint density at radius 1 is 1.19 bits per heavy atom. The summed E-state index contributed by atoms with van der Waals surface area (Å²) in [6.45, 7) is 7.32. The summed E-state index contributed by atoms with van der Waals surface area (Å²) >= 11 is 0. The summed E-state index contributed by atoms with van der Waals surface area (Å²) in [7, 11) is 0. The first-order valence-corrected chi connectivity index (χ1v) is 7.57. The molecule has 2 aromatic rings. The normalized spacial score (nSPS) is 12.8. The Labute approximate surface area is 126 Å². The first kappa shape index (κ1) is 15.7. The standard InChI is InChI=1S/C16H24N4O/c1-3-20(4-2)11-10-15-18-16(21-19-15)14(17)12-13-8-6-5-7-9-13/h5-9,14H,3-4,10-12,17H2,1-2H3. The molecule has 1 aromatic carbocycles. The summed E-state index contributed by atoms with van der Waals surface area (Å²) in [6.07, 6.45) is 1.50. The molecule has 2 rings (SSSR count). The SMILES string of the molecule is CCN(CC)CCc1noc(C(N)Cc2ccccc2)n1. The predicted molar refractivity (Wildman–Crippen MR) is 82.9 cm³/mol. The van der Waals surface area contributed by atoms with Crippen LogP contribution < -0.4 is 5.73 Å². The second-order valence-corrected chi connectivity index (χ2v) is 5.12. The molecule has 0 radical (unpaired) electrons. The second-order valence-electron chi connectivity index (χ2n) is 5.12. The molecule has 21 heavy (non-hydrogen) atoms. The first-order chi connectivity index (χ1) is 10.2. The molecule has 0 spiro atoms. The minimum Gasteiger partial charge on any atom is -0.338 e. The number of benzene rings is 1. The molecule has 0 aliphatic carbocycles. The van der Waals surface area contributed by atoms with Crippen LogP contribution in [0, 0.1) is 0 Å². The maximum absolute atomic E-state index is 6.14. The zero-order valence-electron chi connectivity index (χ0n) is 12.8. The van der Waals surface area contributed by atoms with E-state index in [1.54, 1.807) is 0 Å². The van der Waals surface area contributed by atoms with Crippen LogP contribution >= 0.6 is 0 Å². The fourth-order valence-electron chi connectivity index (χ4n) is 2.27. The van der Waals surface area contributed by atoms with E-state index in [-0.39, 0.29) is 6.04 Å². The number of aromatic nitrogens is 2. The van der Waals surface area contributed by atoms with E-state index in [1.165, 1.54) is 5.56 Å². The number of nitrogens with zero attached hydrogens (tertiary/aromatic N) is 3. The smallest absolute Gasteiger partial charge is 0.243 e. The van der Waals surface area contributed by atoms with E-state index in [1.807, 2.05) is 18.2 Å². The lowest BCUT2D eigenvalue weighted by Crippen LogP contribution is -2.25. The minimum atomic E-state index is -0.248. The summed E-state index contributed by atoms with van der Waals surface area (Å²) in [5.41, 5.74) is 7.32. The lowest BCUT2D eigenvalue weighted by molar-refractivity contribution is 0.302. The zero-order valence-corrected chi connectivity index (χ0v) is 12.8. The zero-order chi connectivity index (χ0) is 15.1. The fourth-order valence-corrected chi connectivity index (χ4v) is 2.27. The molecular formula is C16H24N4O. The van der Waals surface area contributed by atoms with Crippen LogP contribution in [0.25, 0.3) is 0 Å². The van der Waals surface area contributed by atoms with E-state index in [9.17, 15) is 0 Å². The van der Waals surface area contributed by atoms with E-state index in [0.29, 0.717) is 12.3 Å². The van der Waals surface area contributed by atoms with Crippen molar-refractivity contribution in [3.63, 3.8) is 0 Å². The molecule has 1 atom stereocenters. The third-order valence-electron chi connectivity index (χ3n) is 3.65. The predicted octanol–water partition coefficient (Wildman–Crippen LogP) is 2.20. The Kier molecular flexibility index (Phi) is 5.90. The Morgan fingerprint density at radius 3 is 2.57 bits per heavy atom. The van der Waals surface area contributed by atoms with Gasteiger partial charge in [-0.2, -0.15) is 4.98 Å². The quantitative estimate of drug-likeness (QED) is 0.806. The number of hydrogen-bond acceptors (Lipinski definition) is 5. The highest BCUT2D eigenvalue weighted by Crippen LogP contribution is 2.14. The van der Waals surface area contributed by atoms with E-state index in [4.69, 9.17) is 10.3 Å². The molecular weight excluding hydrogens is 264 g/mol. The molecule has 0 aliphatic heterocycles. The Hall–Kier alpha value is -1.72. The summed E-state index contributed by atoms with van der Waals surface area (Å²) in [5, 5.41) is 4.03. The van der Waals surface area contributed by atoms with Gasteiger partial charge in [0, 0.05) is 13.0 Å². The van der Waals surface area contributed by atoms with Crippen LogP contribution in [-0.2, 0) is 12.8 Å². The number of hydrogen-bond donors (Lipinski definition) is 1. The van der Waals surface area contributed by atoms with Gasteiger partial charge in [0.25, 0.3) is 0 Å². The molecule has 2 N–H and O–H groups in total. The van der Waals surface area contributed by atoms with Gasteiger partial charge in [-0.25, -0.2) is 0 Å². The molecule has 1 unspecified atom stereocenters. The molecule has 0 saturated carbocycles. The third kappa shape index (κ3) is 4.65. The average molecular weight is 288 g/mol. The molecule has 5 heteroatoms. The highest BCUT2D eigenvalue weighted by atomic mass is 16.5. The van der Waals surface area contributed by atoms with Crippen molar-refractivity contribution in [3.8, 4) is 0 Å². The van der Waals surface area contributed by atoms with Crippen molar-refractivity contribution in [1.29, 1.82) is 0 Å².